The Labute approximate surface area is 135 Å². The summed E-state index contributed by atoms with van der Waals surface area (Å²) in [5.74, 6) is -0.161. The summed E-state index contributed by atoms with van der Waals surface area (Å²) in [6.07, 6.45) is 0.857. The van der Waals surface area contributed by atoms with Crippen molar-refractivity contribution >= 4 is 11.8 Å². The zero-order valence-corrected chi connectivity index (χ0v) is 13.3. The predicted octanol–water partition coefficient (Wildman–Crippen LogP) is 2.60. The average Bonchev–Trinajstić information content (AvgIpc) is 2.59. The van der Waals surface area contributed by atoms with Crippen LogP contribution in [0.4, 0.5) is 0 Å². The third kappa shape index (κ3) is 3.88. The van der Waals surface area contributed by atoms with Crippen molar-refractivity contribution in [1.82, 2.24) is 5.32 Å². The fourth-order valence-corrected chi connectivity index (χ4v) is 2.21. The number of carbonyl (C=O) groups excluding carboxylic acids is 2. The van der Waals surface area contributed by atoms with E-state index in [-0.39, 0.29) is 5.91 Å². The van der Waals surface area contributed by atoms with Crippen molar-refractivity contribution in [2.45, 2.75) is 13.3 Å². The highest BCUT2D eigenvalue weighted by molar-refractivity contribution is 5.98. The Hall–Kier alpha value is -2.82. The summed E-state index contributed by atoms with van der Waals surface area (Å²) in [6, 6.07) is 12.4. The Kier molecular flexibility index (Phi) is 5.36. The van der Waals surface area contributed by atoms with E-state index in [2.05, 4.69) is 5.32 Å². The molecule has 5 heteroatoms. The molecule has 0 spiro atoms. The molecule has 3 N–H and O–H groups in total. The molecule has 0 fully saturated rings. The van der Waals surface area contributed by atoms with Gasteiger partial charge in [-0.15, -0.1) is 0 Å². The standard InChI is InChI=1S/C18H20N2O3/c1-3-9-23-16-8-7-13(11-15(16)18(22)20-2)12-5-4-6-14(10-12)17(19)21/h4-8,10-11H,3,9H2,1-2H3,(H2,19,21)(H,20,22). The minimum atomic E-state index is -0.485. The number of hydrogen-bond donors (Lipinski definition) is 2. The predicted molar refractivity (Wildman–Crippen MR) is 89.6 cm³/mol. The van der Waals surface area contributed by atoms with E-state index in [1.165, 1.54) is 0 Å². The van der Waals surface area contributed by atoms with Gasteiger partial charge in [-0.1, -0.05) is 25.1 Å². The third-order valence-electron chi connectivity index (χ3n) is 3.39. The molecule has 0 aliphatic heterocycles. The van der Waals surface area contributed by atoms with Crippen LogP contribution < -0.4 is 15.8 Å². The van der Waals surface area contributed by atoms with Crippen LogP contribution in [-0.2, 0) is 0 Å². The number of benzene rings is 2. The van der Waals surface area contributed by atoms with Crippen molar-refractivity contribution in [2.24, 2.45) is 5.73 Å². The molecule has 0 saturated carbocycles. The molecule has 0 unspecified atom stereocenters. The van der Waals surface area contributed by atoms with Crippen LogP contribution in [0.3, 0.4) is 0 Å². The first-order valence-electron chi connectivity index (χ1n) is 7.46. The Morgan fingerprint density at radius 1 is 1.13 bits per heavy atom. The van der Waals surface area contributed by atoms with Crippen LogP contribution in [0.15, 0.2) is 42.5 Å². The zero-order chi connectivity index (χ0) is 16.8. The molecular formula is C18H20N2O3. The molecule has 0 heterocycles. The van der Waals surface area contributed by atoms with Gasteiger partial charge in [0.05, 0.1) is 12.2 Å². The van der Waals surface area contributed by atoms with Crippen molar-refractivity contribution in [3.63, 3.8) is 0 Å². The van der Waals surface area contributed by atoms with Crippen LogP contribution in [0, 0.1) is 0 Å². The summed E-state index contributed by atoms with van der Waals surface area (Å²) >= 11 is 0. The van der Waals surface area contributed by atoms with Gasteiger partial charge in [-0.05, 0) is 41.8 Å². The molecule has 0 saturated heterocycles. The van der Waals surface area contributed by atoms with Crippen LogP contribution in [0.5, 0.6) is 5.75 Å². The van der Waals surface area contributed by atoms with Gasteiger partial charge in [0.2, 0.25) is 5.91 Å². The zero-order valence-electron chi connectivity index (χ0n) is 13.3. The molecule has 5 nitrogen and oxygen atoms in total. The molecule has 120 valence electrons. The van der Waals surface area contributed by atoms with Gasteiger partial charge < -0.3 is 15.8 Å². The molecule has 2 aromatic rings. The SMILES string of the molecule is CCCOc1ccc(-c2cccc(C(N)=O)c2)cc1C(=O)NC. The molecule has 0 bridgehead atoms. The number of rotatable bonds is 6. The van der Waals surface area contributed by atoms with E-state index in [0.29, 0.717) is 23.5 Å². The maximum absolute atomic E-state index is 12.1. The molecule has 2 rings (SSSR count). The van der Waals surface area contributed by atoms with E-state index in [0.717, 1.165) is 17.5 Å². The summed E-state index contributed by atoms with van der Waals surface area (Å²) in [4.78, 5) is 23.4. The van der Waals surface area contributed by atoms with E-state index >= 15 is 0 Å². The number of amides is 2. The first-order chi connectivity index (χ1) is 11.1. The first-order valence-corrected chi connectivity index (χ1v) is 7.46. The molecule has 2 amide bonds. The number of nitrogens with two attached hydrogens (primary N) is 1. The number of carbonyl (C=O) groups is 2. The highest BCUT2D eigenvalue weighted by atomic mass is 16.5. The van der Waals surface area contributed by atoms with Crippen molar-refractivity contribution < 1.29 is 14.3 Å². The van der Waals surface area contributed by atoms with Gasteiger partial charge in [0.25, 0.3) is 5.91 Å². The number of nitrogens with one attached hydrogen (secondary N) is 1. The topological polar surface area (TPSA) is 81.4 Å². The Bertz CT molecular complexity index is 726. The molecule has 0 aliphatic rings. The van der Waals surface area contributed by atoms with Crippen LogP contribution in [0.25, 0.3) is 11.1 Å². The van der Waals surface area contributed by atoms with E-state index in [4.69, 9.17) is 10.5 Å². The fourth-order valence-electron chi connectivity index (χ4n) is 2.21. The minimum absolute atomic E-state index is 0.219. The smallest absolute Gasteiger partial charge is 0.254 e. The van der Waals surface area contributed by atoms with Crippen LogP contribution in [0.1, 0.15) is 34.1 Å². The summed E-state index contributed by atoms with van der Waals surface area (Å²) in [6.45, 7) is 2.55. The van der Waals surface area contributed by atoms with Crippen LogP contribution in [0.2, 0.25) is 0 Å². The van der Waals surface area contributed by atoms with E-state index < -0.39 is 5.91 Å². The second kappa shape index (κ2) is 7.45. The lowest BCUT2D eigenvalue weighted by atomic mass is 10.00. The van der Waals surface area contributed by atoms with Crippen LogP contribution in [-0.4, -0.2) is 25.5 Å². The summed E-state index contributed by atoms with van der Waals surface area (Å²) in [7, 11) is 1.58. The van der Waals surface area contributed by atoms with Gasteiger partial charge in [0, 0.05) is 12.6 Å². The third-order valence-corrected chi connectivity index (χ3v) is 3.39. The highest BCUT2D eigenvalue weighted by Crippen LogP contribution is 2.27. The van der Waals surface area contributed by atoms with E-state index in [1.54, 1.807) is 37.4 Å². The molecule has 0 radical (unpaired) electrons. The van der Waals surface area contributed by atoms with E-state index in [9.17, 15) is 9.59 Å². The van der Waals surface area contributed by atoms with E-state index in [1.807, 2.05) is 19.1 Å². The fraction of sp³-hybridized carbons (Fsp3) is 0.222. The van der Waals surface area contributed by atoms with Gasteiger partial charge in [0.1, 0.15) is 5.75 Å². The highest BCUT2D eigenvalue weighted by Gasteiger charge is 2.13. The number of hydrogen-bond acceptors (Lipinski definition) is 3. The van der Waals surface area contributed by atoms with Crippen LogP contribution >= 0.6 is 0 Å². The molecule has 0 aliphatic carbocycles. The molecular weight excluding hydrogens is 292 g/mol. The van der Waals surface area contributed by atoms with Crippen molar-refractivity contribution in [3.8, 4) is 16.9 Å². The van der Waals surface area contributed by atoms with Gasteiger partial charge >= 0.3 is 0 Å². The van der Waals surface area contributed by atoms with Gasteiger partial charge in [-0.3, -0.25) is 9.59 Å². The number of ether oxygens (including phenoxy) is 1. The monoisotopic (exact) mass is 312 g/mol. The van der Waals surface area contributed by atoms with Crippen molar-refractivity contribution in [1.29, 1.82) is 0 Å². The average molecular weight is 312 g/mol. The largest absolute Gasteiger partial charge is 0.493 e. The number of primary amides is 1. The Balaban J connectivity index is 2.46. The lowest BCUT2D eigenvalue weighted by molar-refractivity contribution is 0.0957. The summed E-state index contributed by atoms with van der Waals surface area (Å²) in [5, 5.41) is 2.61. The lowest BCUT2D eigenvalue weighted by Crippen LogP contribution is -2.19. The maximum atomic E-state index is 12.1. The minimum Gasteiger partial charge on any atom is -0.493 e. The Morgan fingerprint density at radius 3 is 2.52 bits per heavy atom. The normalized spacial score (nSPS) is 10.2. The summed E-state index contributed by atoms with van der Waals surface area (Å²) < 4.78 is 5.63. The van der Waals surface area contributed by atoms with Gasteiger partial charge in [-0.2, -0.15) is 0 Å². The van der Waals surface area contributed by atoms with Gasteiger partial charge in [-0.25, -0.2) is 0 Å². The Morgan fingerprint density at radius 2 is 1.87 bits per heavy atom. The molecule has 23 heavy (non-hydrogen) atoms. The van der Waals surface area contributed by atoms with Gasteiger partial charge in [0.15, 0.2) is 0 Å². The first kappa shape index (κ1) is 16.5. The van der Waals surface area contributed by atoms with Crippen molar-refractivity contribution in [3.05, 3.63) is 53.6 Å². The molecule has 0 atom stereocenters. The maximum Gasteiger partial charge on any atom is 0.254 e. The molecule has 2 aromatic carbocycles. The molecule has 0 aromatic heterocycles. The quantitative estimate of drug-likeness (QED) is 0.860. The second-order valence-corrected chi connectivity index (χ2v) is 5.08. The van der Waals surface area contributed by atoms with Crippen molar-refractivity contribution in [2.75, 3.05) is 13.7 Å². The summed E-state index contributed by atoms with van der Waals surface area (Å²) in [5.41, 5.74) is 7.83. The second-order valence-electron chi connectivity index (χ2n) is 5.08. The lowest BCUT2D eigenvalue weighted by Gasteiger charge is -2.12.